The molecule has 0 aromatic heterocycles. The monoisotopic (exact) mass is 324 g/mol. The molecule has 3 aromatic carbocycles. The standard InChI is InChI=1S/C20H24O2Si/c1-4-21-23(6-3,22-5-2)20-18-13-9-7-11-16(18)15-17-12-8-10-14-19(17)20/h7-15H,4-6H2,1-3H3. The Morgan fingerprint density at radius 1 is 0.739 bits per heavy atom. The van der Waals surface area contributed by atoms with Crippen molar-refractivity contribution in [3.63, 3.8) is 0 Å². The lowest BCUT2D eigenvalue weighted by atomic mass is 10.0. The lowest BCUT2D eigenvalue weighted by Gasteiger charge is -2.31. The second-order valence-corrected chi connectivity index (χ2v) is 8.96. The first-order chi connectivity index (χ1) is 11.3. The van der Waals surface area contributed by atoms with Gasteiger partial charge >= 0.3 is 8.56 Å². The third kappa shape index (κ3) is 2.80. The molecule has 3 heteroatoms. The molecule has 0 aliphatic rings. The zero-order valence-electron chi connectivity index (χ0n) is 14.1. The molecular formula is C20H24O2Si. The van der Waals surface area contributed by atoms with Crippen molar-refractivity contribution in [3.05, 3.63) is 54.6 Å². The van der Waals surface area contributed by atoms with Crippen molar-refractivity contribution in [3.8, 4) is 0 Å². The van der Waals surface area contributed by atoms with Crippen LogP contribution in [0.4, 0.5) is 0 Å². The molecule has 3 aromatic rings. The van der Waals surface area contributed by atoms with Crippen LogP contribution in [-0.2, 0) is 8.85 Å². The summed E-state index contributed by atoms with van der Waals surface area (Å²) in [5.41, 5.74) is 0. The summed E-state index contributed by atoms with van der Waals surface area (Å²) in [5, 5.41) is 6.33. The summed E-state index contributed by atoms with van der Waals surface area (Å²) >= 11 is 0. The predicted molar refractivity (Wildman–Crippen MR) is 101 cm³/mol. The van der Waals surface area contributed by atoms with Gasteiger partial charge in [-0.15, -0.1) is 0 Å². The summed E-state index contributed by atoms with van der Waals surface area (Å²) in [6, 6.07) is 20.3. The van der Waals surface area contributed by atoms with Gasteiger partial charge in [0, 0.05) is 18.4 Å². The fraction of sp³-hybridized carbons (Fsp3) is 0.300. The van der Waals surface area contributed by atoms with E-state index in [1.54, 1.807) is 0 Å². The average molecular weight is 324 g/mol. The molecule has 0 saturated carbocycles. The molecule has 0 radical (unpaired) electrons. The Morgan fingerprint density at radius 3 is 1.65 bits per heavy atom. The van der Waals surface area contributed by atoms with Crippen LogP contribution in [0.15, 0.2) is 54.6 Å². The second kappa shape index (κ2) is 6.83. The Kier molecular flexibility index (Phi) is 4.81. The molecule has 3 rings (SSSR count). The van der Waals surface area contributed by atoms with Gasteiger partial charge in [0.25, 0.3) is 0 Å². The van der Waals surface area contributed by atoms with E-state index in [0.29, 0.717) is 13.2 Å². The van der Waals surface area contributed by atoms with Crippen LogP contribution in [-0.4, -0.2) is 21.8 Å². The van der Waals surface area contributed by atoms with E-state index >= 15 is 0 Å². The van der Waals surface area contributed by atoms with Crippen molar-refractivity contribution in [2.75, 3.05) is 13.2 Å². The van der Waals surface area contributed by atoms with E-state index in [1.165, 1.54) is 26.7 Å². The minimum Gasteiger partial charge on any atom is -0.391 e. The second-order valence-electron chi connectivity index (χ2n) is 5.67. The molecule has 23 heavy (non-hydrogen) atoms. The van der Waals surface area contributed by atoms with Crippen LogP contribution in [0, 0.1) is 0 Å². The smallest absolute Gasteiger partial charge is 0.373 e. The number of hydrogen-bond donors (Lipinski definition) is 0. The molecule has 0 atom stereocenters. The molecule has 0 aliphatic carbocycles. The number of fused-ring (bicyclic) bond motifs is 2. The van der Waals surface area contributed by atoms with E-state index in [2.05, 4.69) is 75.4 Å². The number of benzene rings is 3. The summed E-state index contributed by atoms with van der Waals surface area (Å²) in [7, 11) is -2.47. The summed E-state index contributed by atoms with van der Waals surface area (Å²) in [6.07, 6.45) is 0. The first-order valence-electron chi connectivity index (χ1n) is 8.44. The first kappa shape index (κ1) is 16.2. The summed E-state index contributed by atoms with van der Waals surface area (Å²) in [5.74, 6) is 0. The molecule has 0 saturated heterocycles. The van der Waals surface area contributed by atoms with Gasteiger partial charge in [-0.05, 0) is 47.5 Å². The van der Waals surface area contributed by atoms with E-state index in [0.717, 1.165) is 6.04 Å². The largest absolute Gasteiger partial charge is 0.391 e. The average Bonchev–Trinajstić information content (AvgIpc) is 2.59. The Morgan fingerprint density at radius 2 is 1.22 bits per heavy atom. The fourth-order valence-electron chi connectivity index (χ4n) is 3.46. The van der Waals surface area contributed by atoms with Gasteiger partial charge in [0.2, 0.25) is 0 Å². The van der Waals surface area contributed by atoms with Crippen LogP contribution in [0.3, 0.4) is 0 Å². The predicted octanol–water partition coefficient (Wildman–Crippen LogP) is 4.74. The van der Waals surface area contributed by atoms with E-state index in [-0.39, 0.29) is 0 Å². The van der Waals surface area contributed by atoms with Gasteiger partial charge in [-0.3, -0.25) is 0 Å². The highest BCUT2D eigenvalue weighted by Gasteiger charge is 2.40. The zero-order valence-corrected chi connectivity index (χ0v) is 15.1. The third-order valence-corrected chi connectivity index (χ3v) is 8.11. The van der Waals surface area contributed by atoms with Crippen molar-refractivity contribution >= 4 is 35.3 Å². The van der Waals surface area contributed by atoms with Crippen LogP contribution in [0.5, 0.6) is 0 Å². The van der Waals surface area contributed by atoms with Crippen molar-refractivity contribution in [2.45, 2.75) is 26.8 Å². The fourth-order valence-corrected chi connectivity index (χ4v) is 6.80. The van der Waals surface area contributed by atoms with Gasteiger partial charge in [-0.1, -0.05) is 55.5 Å². The third-order valence-electron chi connectivity index (χ3n) is 4.37. The maximum absolute atomic E-state index is 6.34. The molecule has 0 spiro atoms. The minimum atomic E-state index is -2.47. The number of hydrogen-bond acceptors (Lipinski definition) is 2. The van der Waals surface area contributed by atoms with Crippen LogP contribution in [0.2, 0.25) is 6.04 Å². The molecule has 0 amide bonds. The minimum absolute atomic E-state index is 0.678. The van der Waals surface area contributed by atoms with Gasteiger partial charge in [0.1, 0.15) is 0 Å². The normalized spacial score (nSPS) is 12.1. The lowest BCUT2D eigenvalue weighted by molar-refractivity contribution is 0.197. The van der Waals surface area contributed by atoms with Gasteiger partial charge in [-0.25, -0.2) is 0 Å². The molecule has 2 nitrogen and oxygen atoms in total. The van der Waals surface area contributed by atoms with Crippen molar-refractivity contribution in [2.24, 2.45) is 0 Å². The quantitative estimate of drug-likeness (QED) is 0.482. The SMILES string of the molecule is CCO[Si](CC)(OCC)c1c2ccccc2cc2ccccc12. The van der Waals surface area contributed by atoms with Crippen LogP contribution < -0.4 is 5.19 Å². The molecule has 0 aliphatic heterocycles. The lowest BCUT2D eigenvalue weighted by Crippen LogP contribution is -2.54. The van der Waals surface area contributed by atoms with Crippen molar-refractivity contribution in [1.29, 1.82) is 0 Å². The van der Waals surface area contributed by atoms with Crippen LogP contribution >= 0.6 is 0 Å². The van der Waals surface area contributed by atoms with Gasteiger partial charge in [0.05, 0.1) is 0 Å². The van der Waals surface area contributed by atoms with Crippen molar-refractivity contribution < 1.29 is 8.85 Å². The van der Waals surface area contributed by atoms with Crippen molar-refractivity contribution in [1.82, 2.24) is 0 Å². The Hall–Kier alpha value is -1.68. The number of rotatable bonds is 6. The Labute approximate surface area is 139 Å². The highest BCUT2D eigenvalue weighted by atomic mass is 28.4. The topological polar surface area (TPSA) is 18.5 Å². The molecule has 0 fully saturated rings. The molecule has 0 heterocycles. The van der Waals surface area contributed by atoms with Crippen LogP contribution in [0.25, 0.3) is 21.5 Å². The van der Waals surface area contributed by atoms with Gasteiger partial charge in [-0.2, -0.15) is 0 Å². The van der Waals surface area contributed by atoms with E-state index in [1.807, 2.05) is 0 Å². The summed E-state index contributed by atoms with van der Waals surface area (Å²) < 4.78 is 12.7. The maximum Gasteiger partial charge on any atom is 0.373 e. The Bertz CT molecular complexity index is 753. The molecule has 120 valence electrons. The zero-order chi connectivity index (χ0) is 16.3. The first-order valence-corrected chi connectivity index (χ1v) is 10.5. The van der Waals surface area contributed by atoms with Gasteiger partial charge < -0.3 is 8.85 Å². The maximum atomic E-state index is 6.34. The summed E-state index contributed by atoms with van der Waals surface area (Å²) in [6.45, 7) is 7.66. The van der Waals surface area contributed by atoms with Crippen LogP contribution in [0.1, 0.15) is 20.8 Å². The molecule has 0 bridgehead atoms. The van der Waals surface area contributed by atoms with E-state index < -0.39 is 8.56 Å². The highest BCUT2D eigenvalue weighted by Crippen LogP contribution is 2.27. The molecular weight excluding hydrogens is 300 g/mol. The summed E-state index contributed by atoms with van der Waals surface area (Å²) in [4.78, 5) is 0. The Balaban J connectivity index is 2.43. The molecule has 0 N–H and O–H groups in total. The van der Waals surface area contributed by atoms with Gasteiger partial charge in [0.15, 0.2) is 0 Å². The molecule has 0 unspecified atom stereocenters. The van der Waals surface area contributed by atoms with E-state index in [9.17, 15) is 0 Å². The highest BCUT2D eigenvalue weighted by molar-refractivity contribution is 6.85. The van der Waals surface area contributed by atoms with E-state index in [4.69, 9.17) is 8.85 Å².